The highest BCUT2D eigenvalue weighted by atomic mass is 32.2. The van der Waals surface area contributed by atoms with Gasteiger partial charge in [-0.05, 0) is 29.8 Å². The number of hydrogen-bond acceptors (Lipinski definition) is 3. The third-order valence-corrected chi connectivity index (χ3v) is 4.41. The Morgan fingerprint density at radius 3 is 1.90 bits per heavy atom. The van der Waals surface area contributed by atoms with Gasteiger partial charge in [0, 0.05) is 22.0 Å². The summed E-state index contributed by atoms with van der Waals surface area (Å²) in [5.74, 6) is -0.530. The van der Waals surface area contributed by atoms with Crippen molar-refractivity contribution in [2.45, 2.75) is 11.4 Å². The third-order valence-electron chi connectivity index (χ3n) is 3.47. The van der Waals surface area contributed by atoms with Gasteiger partial charge in [-0.15, -0.1) is 0 Å². The Bertz CT molecular complexity index is 717. The molecule has 1 aliphatic rings. The van der Waals surface area contributed by atoms with E-state index in [-0.39, 0.29) is 18.4 Å². The summed E-state index contributed by atoms with van der Waals surface area (Å²) in [4.78, 5) is 26.4. The van der Waals surface area contributed by atoms with Gasteiger partial charge >= 0.3 is 0 Å². The molecule has 106 valence electrons. The fourth-order valence-corrected chi connectivity index (χ4v) is 2.87. The Balaban J connectivity index is 1.85. The van der Waals surface area contributed by atoms with E-state index in [1.807, 2.05) is 0 Å². The van der Waals surface area contributed by atoms with Crippen molar-refractivity contribution in [1.82, 2.24) is 4.90 Å². The zero-order chi connectivity index (χ0) is 15.0. The molecule has 1 atom stereocenters. The zero-order valence-corrected chi connectivity index (χ0v) is 12.2. The Hall–Kier alpha value is -2.27. The Labute approximate surface area is 124 Å². The first-order valence-corrected chi connectivity index (χ1v) is 8.01. The molecule has 1 unspecified atom stereocenters. The molecule has 0 saturated carbocycles. The average Bonchev–Trinajstić information content (AvgIpc) is 2.73. The van der Waals surface area contributed by atoms with E-state index in [2.05, 4.69) is 0 Å². The van der Waals surface area contributed by atoms with E-state index in [1.165, 1.54) is 4.90 Å². The maximum Gasteiger partial charge on any atom is 0.261 e. The van der Waals surface area contributed by atoms with Crippen molar-refractivity contribution < 1.29 is 13.8 Å². The lowest BCUT2D eigenvalue weighted by Gasteiger charge is -2.14. The van der Waals surface area contributed by atoms with Crippen LogP contribution in [0.3, 0.4) is 0 Å². The molecule has 0 aromatic heterocycles. The molecule has 4 nitrogen and oxygen atoms in total. The van der Waals surface area contributed by atoms with Crippen LogP contribution in [0.4, 0.5) is 0 Å². The highest BCUT2D eigenvalue weighted by molar-refractivity contribution is 7.84. The number of carbonyl (C=O) groups is 2. The lowest BCUT2D eigenvalue weighted by Crippen LogP contribution is -2.29. The molecule has 21 heavy (non-hydrogen) atoms. The summed E-state index contributed by atoms with van der Waals surface area (Å²) >= 11 is 0. The molecule has 1 heterocycles. The van der Waals surface area contributed by atoms with Crippen molar-refractivity contribution in [3.8, 4) is 0 Å². The molecule has 5 heteroatoms. The SMILES string of the molecule is CS(=O)c1ccc(CN2C(=O)c3ccccc3C2=O)cc1. The monoisotopic (exact) mass is 299 g/mol. The van der Waals surface area contributed by atoms with Gasteiger partial charge in [0.05, 0.1) is 17.7 Å². The van der Waals surface area contributed by atoms with Crippen LogP contribution in [-0.4, -0.2) is 27.2 Å². The number of carbonyl (C=O) groups excluding carboxylic acids is 2. The minimum atomic E-state index is -1.04. The van der Waals surface area contributed by atoms with Crippen LogP contribution in [0.15, 0.2) is 53.4 Å². The Kier molecular flexibility index (Phi) is 3.43. The molecule has 1 aliphatic heterocycles. The molecule has 2 aromatic carbocycles. The van der Waals surface area contributed by atoms with Crippen LogP contribution in [0.5, 0.6) is 0 Å². The van der Waals surface area contributed by atoms with Gasteiger partial charge in [0.2, 0.25) is 0 Å². The summed E-state index contributed by atoms with van der Waals surface area (Å²) in [5.41, 5.74) is 1.74. The topological polar surface area (TPSA) is 54.5 Å². The van der Waals surface area contributed by atoms with E-state index >= 15 is 0 Å². The van der Waals surface area contributed by atoms with Gasteiger partial charge < -0.3 is 0 Å². The predicted octanol–water partition coefficient (Wildman–Crippen LogP) is 2.22. The van der Waals surface area contributed by atoms with E-state index in [9.17, 15) is 13.8 Å². The van der Waals surface area contributed by atoms with Crippen LogP contribution in [0.2, 0.25) is 0 Å². The molecule has 3 rings (SSSR count). The minimum absolute atomic E-state index is 0.225. The van der Waals surface area contributed by atoms with Gasteiger partial charge in [0.1, 0.15) is 0 Å². The van der Waals surface area contributed by atoms with Crippen molar-refractivity contribution in [3.63, 3.8) is 0 Å². The molecule has 0 N–H and O–H groups in total. The molecular weight excluding hydrogens is 286 g/mol. The van der Waals surface area contributed by atoms with E-state index < -0.39 is 10.8 Å². The summed E-state index contributed by atoms with van der Waals surface area (Å²) in [6.07, 6.45) is 1.61. The first kappa shape index (κ1) is 13.7. The molecule has 0 fully saturated rings. The number of rotatable bonds is 3. The van der Waals surface area contributed by atoms with Gasteiger partial charge in [0.25, 0.3) is 11.8 Å². The largest absolute Gasteiger partial charge is 0.270 e. The van der Waals surface area contributed by atoms with Crippen LogP contribution < -0.4 is 0 Å². The van der Waals surface area contributed by atoms with Crippen LogP contribution in [0, 0.1) is 0 Å². The third kappa shape index (κ3) is 2.40. The van der Waals surface area contributed by atoms with E-state index in [0.29, 0.717) is 11.1 Å². The predicted molar refractivity (Wildman–Crippen MR) is 79.4 cm³/mol. The van der Waals surface area contributed by atoms with Gasteiger partial charge in [-0.25, -0.2) is 0 Å². The summed E-state index contributed by atoms with van der Waals surface area (Å²) in [7, 11) is -1.04. The average molecular weight is 299 g/mol. The lowest BCUT2D eigenvalue weighted by molar-refractivity contribution is 0.0642. The number of nitrogens with zero attached hydrogens (tertiary/aromatic N) is 1. The minimum Gasteiger partial charge on any atom is -0.270 e. The number of hydrogen-bond donors (Lipinski definition) is 0. The molecule has 2 aromatic rings. The highest BCUT2D eigenvalue weighted by Crippen LogP contribution is 2.24. The van der Waals surface area contributed by atoms with Crippen LogP contribution in [0.25, 0.3) is 0 Å². The first-order valence-electron chi connectivity index (χ1n) is 6.45. The fourth-order valence-electron chi connectivity index (χ4n) is 2.35. The quantitative estimate of drug-likeness (QED) is 0.817. The maximum absolute atomic E-state index is 12.2. The standard InChI is InChI=1S/C16H13NO3S/c1-21(20)12-8-6-11(7-9-12)10-17-15(18)13-4-2-3-5-14(13)16(17)19/h2-9H,10H2,1H3. The second kappa shape index (κ2) is 5.26. The van der Waals surface area contributed by atoms with E-state index in [4.69, 9.17) is 0 Å². The molecule has 2 amide bonds. The first-order chi connectivity index (χ1) is 10.1. The Morgan fingerprint density at radius 1 is 0.905 bits per heavy atom. The van der Waals surface area contributed by atoms with Crippen molar-refractivity contribution >= 4 is 22.6 Å². The molecule has 0 saturated heterocycles. The van der Waals surface area contributed by atoms with Gasteiger partial charge in [-0.1, -0.05) is 24.3 Å². The summed E-state index contributed by atoms with van der Waals surface area (Å²) in [5, 5.41) is 0. The summed E-state index contributed by atoms with van der Waals surface area (Å²) < 4.78 is 11.3. The van der Waals surface area contributed by atoms with Crippen LogP contribution in [-0.2, 0) is 17.3 Å². The second-order valence-electron chi connectivity index (χ2n) is 4.84. The van der Waals surface area contributed by atoms with Crippen LogP contribution >= 0.6 is 0 Å². The van der Waals surface area contributed by atoms with Crippen molar-refractivity contribution in [1.29, 1.82) is 0 Å². The smallest absolute Gasteiger partial charge is 0.261 e. The van der Waals surface area contributed by atoms with E-state index in [0.717, 1.165) is 10.5 Å². The van der Waals surface area contributed by atoms with Crippen molar-refractivity contribution in [2.75, 3.05) is 6.26 Å². The Morgan fingerprint density at radius 2 is 1.43 bits per heavy atom. The van der Waals surface area contributed by atoms with Crippen LogP contribution in [0.1, 0.15) is 26.3 Å². The molecule has 0 spiro atoms. The summed E-state index contributed by atoms with van der Waals surface area (Å²) in [6, 6.07) is 13.9. The summed E-state index contributed by atoms with van der Waals surface area (Å²) in [6.45, 7) is 0.225. The van der Waals surface area contributed by atoms with Crippen molar-refractivity contribution in [3.05, 3.63) is 65.2 Å². The molecule has 0 bridgehead atoms. The normalized spacial score (nSPS) is 15.2. The second-order valence-corrected chi connectivity index (χ2v) is 6.22. The highest BCUT2D eigenvalue weighted by Gasteiger charge is 2.34. The molecular formula is C16H13NO3S. The number of imide groups is 1. The molecule has 0 aliphatic carbocycles. The number of benzene rings is 2. The number of fused-ring (bicyclic) bond motifs is 1. The lowest BCUT2D eigenvalue weighted by atomic mass is 10.1. The van der Waals surface area contributed by atoms with Gasteiger partial charge in [0.15, 0.2) is 0 Å². The fraction of sp³-hybridized carbons (Fsp3) is 0.125. The zero-order valence-electron chi connectivity index (χ0n) is 11.4. The number of amides is 2. The van der Waals surface area contributed by atoms with Crippen molar-refractivity contribution in [2.24, 2.45) is 0 Å². The molecule has 0 radical (unpaired) electrons. The maximum atomic E-state index is 12.2. The van der Waals surface area contributed by atoms with Gasteiger partial charge in [-0.2, -0.15) is 0 Å². The van der Waals surface area contributed by atoms with Gasteiger partial charge in [-0.3, -0.25) is 18.7 Å². The van der Waals surface area contributed by atoms with E-state index in [1.54, 1.807) is 54.8 Å².